The molecule has 1 amide bonds. The van der Waals surface area contributed by atoms with Crippen LogP contribution >= 0.6 is 0 Å². The molecule has 2 aromatic rings. The Morgan fingerprint density at radius 3 is 2.82 bits per heavy atom. The molecule has 0 saturated carbocycles. The van der Waals surface area contributed by atoms with Gasteiger partial charge in [-0.3, -0.25) is 9.69 Å². The molecule has 1 aromatic carbocycles. The summed E-state index contributed by atoms with van der Waals surface area (Å²) in [5.41, 5.74) is 1.11. The number of hydrogen-bond donors (Lipinski definition) is 1. The summed E-state index contributed by atoms with van der Waals surface area (Å²) in [6, 6.07) is 9.94. The Morgan fingerprint density at radius 2 is 2.05 bits per heavy atom. The molecule has 0 saturated heterocycles. The fourth-order valence-corrected chi connectivity index (χ4v) is 2.72. The van der Waals surface area contributed by atoms with Crippen molar-refractivity contribution in [3.63, 3.8) is 0 Å². The Balaban J connectivity index is 1.50. The van der Waals surface area contributed by atoms with E-state index in [0.717, 1.165) is 36.7 Å². The van der Waals surface area contributed by atoms with Crippen LogP contribution in [0.25, 0.3) is 0 Å². The molecule has 0 aliphatic carbocycles. The molecule has 0 bridgehead atoms. The highest BCUT2D eigenvalue weighted by atomic mass is 16.2. The van der Waals surface area contributed by atoms with Crippen LogP contribution in [0, 0.1) is 0 Å². The number of carbonyl (C=O) groups excluding carboxylic acids is 1. The quantitative estimate of drug-likeness (QED) is 0.894. The molecule has 6 heteroatoms. The van der Waals surface area contributed by atoms with E-state index >= 15 is 0 Å². The lowest BCUT2D eigenvalue weighted by atomic mass is 10.2. The number of benzene rings is 1. The van der Waals surface area contributed by atoms with E-state index in [2.05, 4.69) is 31.9 Å². The number of hydrogen-bond acceptors (Lipinski definition) is 4. The minimum atomic E-state index is 0.0486. The van der Waals surface area contributed by atoms with Gasteiger partial charge < -0.3 is 9.88 Å². The van der Waals surface area contributed by atoms with Crippen molar-refractivity contribution in [1.29, 1.82) is 0 Å². The van der Waals surface area contributed by atoms with E-state index in [1.807, 2.05) is 30.3 Å². The molecule has 0 atom stereocenters. The minimum absolute atomic E-state index is 0.0486. The van der Waals surface area contributed by atoms with Crippen LogP contribution in [0.1, 0.15) is 24.1 Å². The van der Waals surface area contributed by atoms with E-state index in [0.29, 0.717) is 19.6 Å². The van der Waals surface area contributed by atoms with Crippen molar-refractivity contribution >= 4 is 5.91 Å². The van der Waals surface area contributed by atoms with E-state index in [1.54, 1.807) is 0 Å². The van der Waals surface area contributed by atoms with Gasteiger partial charge in [-0.25, -0.2) is 0 Å². The van der Waals surface area contributed by atoms with E-state index in [4.69, 9.17) is 0 Å². The SMILES string of the molecule is CCc1nnc2n1CCN(CC(=O)NCc1ccccc1)C2. The molecular weight excluding hydrogens is 278 g/mol. The number of amides is 1. The maximum absolute atomic E-state index is 12.1. The summed E-state index contributed by atoms with van der Waals surface area (Å²) in [4.78, 5) is 14.2. The van der Waals surface area contributed by atoms with Crippen LogP contribution in [0.5, 0.6) is 0 Å². The molecule has 1 aromatic heterocycles. The molecular formula is C16H21N5O. The average molecular weight is 299 g/mol. The molecule has 1 aliphatic rings. The van der Waals surface area contributed by atoms with Crippen LogP contribution in [-0.4, -0.2) is 38.7 Å². The predicted molar refractivity (Wildman–Crippen MR) is 83.0 cm³/mol. The first-order valence-electron chi connectivity index (χ1n) is 7.70. The summed E-state index contributed by atoms with van der Waals surface area (Å²) in [7, 11) is 0. The lowest BCUT2D eigenvalue weighted by Gasteiger charge is -2.27. The van der Waals surface area contributed by atoms with Gasteiger partial charge >= 0.3 is 0 Å². The molecule has 1 N–H and O–H groups in total. The zero-order chi connectivity index (χ0) is 15.4. The maximum Gasteiger partial charge on any atom is 0.234 e. The Hall–Kier alpha value is -2.21. The number of rotatable bonds is 5. The molecule has 0 unspecified atom stereocenters. The first-order valence-corrected chi connectivity index (χ1v) is 7.70. The molecule has 1 aliphatic heterocycles. The summed E-state index contributed by atoms with van der Waals surface area (Å²) in [6.07, 6.45) is 0.893. The van der Waals surface area contributed by atoms with Crippen molar-refractivity contribution in [3.8, 4) is 0 Å². The van der Waals surface area contributed by atoms with Crippen molar-refractivity contribution in [2.75, 3.05) is 13.1 Å². The molecule has 22 heavy (non-hydrogen) atoms. The van der Waals surface area contributed by atoms with Gasteiger partial charge in [0.25, 0.3) is 0 Å². The first-order chi connectivity index (χ1) is 10.8. The Bertz CT molecular complexity index is 637. The molecule has 0 fully saturated rings. The minimum Gasteiger partial charge on any atom is -0.351 e. The maximum atomic E-state index is 12.1. The van der Waals surface area contributed by atoms with Crippen LogP contribution < -0.4 is 5.32 Å². The molecule has 6 nitrogen and oxygen atoms in total. The third kappa shape index (κ3) is 3.33. The predicted octanol–water partition coefficient (Wildman–Crippen LogP) is 0.972. The fourth-order valence-electron chi connectivity index (χ4n) is 2.72. The van der Waals surface area contributed by atoms with Gasteiger partial charge in [0.2, 0.25) is 5.91 Å². The summed E-state index contributed by atoms with van der Waals surface area (Å²) in [6.45, 7) is 5.46. The van der Waals surface area contributed by atoms with E-state index in [1.165, 1.54) is 0 Å². The van der Waals surface area contributed by atoms with E-state index in [-0.39, 0.29) is 5.91 Å². The molecule has 2 heterocycles. The lowest BCUT2D eigenvalue weighted by molar-refractivity contribution is -0.122. The molecule has 0 spiro atoms. The summed E-state index contributed by atoms with van der Waals surface area (Å²) in [5.74, 6) is 2.04. The molecule has 116 valence electrons. The smallest absolute Gasteiger partial charge is 0.234 e. The summed E-state index contributed by atoms with van der Waals surface area (Å²) < 4.78 is 2.17. The average Bonchev–Trinajstić information content (AvgIpc) is 2.96. The Kier molecular flexibility index (Phi) is 4.48. The zero-order valence-corrected chi connectivity index (χ0v) is 12.8. The van der Waals surface area contributed by atoms with Crippen LogP contribution in [0.4, 0.5) is 0 Å². The van der Waals surface area contributed by atoms with Gasteiger partial charge in [-0.1, -0.05) is 37.3 Å². The van der Waals surface area contributed by atoms with E-state index in [9.17, 15) is 4.79 Å². The number of nitrogens with zero attached hydrogens (tertiary/aromatic N) is 4. The topological polar surface area (TPSA) is 63.1 Å². The van der Waals surface area contributed by atoms with Gasteiger partial charge in [-0.05, 0) is 5.56 Å². The van der Waals surface area contributed by atoms with Crippen LogP contribution in [0.3, 0.4) is 0 Å². The third-order valence-electron chi connectivity index (χ3n) is 3.92. The second kappa shape index (κ2) is 6.70. The van der Waals surface area contributed by atoms with Crippen molar-refractivity contribution in [1.82, 2.24) is 25.0 Å². The van der Waals surface area contributed by atoms with Crippen LogP contribution in [0.2, 0.25) is 0 Å². The first kappa shape index (κ1) is 14.7. The zero-order valence-electron chi connectivity index (χ0n) is 12.8. The number of nitrogens with one attached hydrogen (secondary N) is 1. The normalized spacial score (nSPS) is 14.6. The van der Waals surface area contributed by atoms with Gasteiger partial charge in [0.1, 0.15) is 11.6 Å². The second-order valence-corrected chi connectivity index (χ2v) is 5.51. The lowest BCUT2D eigenvalue weighted by Crippen LogP contribution is -2.41. The second-order valence-electron chi connectivity index (χ2n) is 5.51. The number of fused-ring (bicyclic) bond motifs is 1. The van der Waals surface area contributed by atoms with Gasteiger partial charge in [0, 0.05) is 26.1 Å². The highest BCUT2D eigenvalue weighted by Crippen LogP contribution is 2.12. The van der Waals surface area contributed by atoms with Crippen molar-refractivity contribution in [2.45, 2.75) is 33.0 Å². The highest BCUT2D eigenvalue weighted by molar-refractivity contribution is 5.78. The number of carbonyl (C=O) groups is 1. The van der Waals surface area contributed by atoms with Gasteiger partial charge in [-0.15, -0.1) is 10.2 Å². The standard InChI is InChI=1S/C16H21N5O/c1-2-14-18-19-15-11-20(8-9-21(14)15)12-16(22)17-10-13-6-4-3-5-7-13/h3-7H,2,8-12H2,1H3,(H,17,22). The van der Waals surface area contributed by atoms with Gasteiger partial charge in [-0.2, -0.15) is 0 Å². The Labute approximate surface area is 130 Å². The third-order valence-corrected chi connectivity index (χ3v) is 3.92. The Morgan fingerprint density at radius 1 is 1.23 bits per heavy atom. The number of aromatic nitrogens is 3. The van der Waals surface area contributed by atoms with Crippen molar-refractivity contribution < 1.29 is 4.79 Å². The van der Waals surface area contributed by atoms with Crippen molar-refractivity contribution in [2.24, 2.45) is 0 Å². The summed E-state index contributed by atoms with van der Waals surface area (Å²) in [5, 5.41) is 11.4. The van der Waals surface area contributed by atoms with Gasteiger partial charge in [0.05, 0.1) is 13.1 Å². The molecule has 0 radical (unpaired) electrons. The molecule has 3 rings (SSSR count). The monoisotopic (exact) mass is 299 g/mol. The largest absolute Gasteiger partial charge is 0.351 e. The van der Waals surface area contributed by atoms with Crippen molar-refractivity contribution in [3.05, 3.63) is 47.5 Å². The van der Waals surface area contributed by atoms with Crippen LogP contribution in [-0.2, 0) is 30.8 Å². The fraction of sp³-hybridized carbons (Fsp3) is 0.438. The van der Waals surface area contributed by atoms with E-state index < -0.39 is 0 Å². The van der Waals surface area contributed by atoms with Gasteiger partial charge in [0.15, 0.2) is 0 Å². The summed E-state index contributed by atoms with van der Waals surface area (Å²) >= 11 is 0. The highest BCUT2D eigenvalue weighted by Gasteiger charge is 2.21. The van der Waals surface area contributed by atoms with Crippen LogP contribution in [0.15, 0.2) is 30.3 Å². The number of aryl methyl sites for hydroxylation is 1.